The number of hydrogen-bond acceptors (Lipinski definition) is 0. The Morgan fingerprint density at radius 3 is 1.71 bits per heavy atom. The Labute approximate surface area is 242 Å². The zero-order valence-electron chi connectivity index (χ0n) is 21.0. The van der Waals surface area contributed by atoms with Crippen LogP contribution >= 0.6 is 17.2 Å². The Hall–Kier alpha value is -2.24. The third-order valence-electron chi connectivity index (χ3n) is 6.38. The predicted octanol–water partition coefficient (Wildman–Crippen LogP) is 7.32. The first-order valence-corrected chi connectivity index (χ1v) is 14.8. The monoisotopic (exact) mass is 714 g/mol. The number of rotatable bonds is 5. The SMILES string of the molecule is Fc1c[c-]c(C2CCCC[N-]2)cc1.[Ir].c1ccc(Pc2cc3ccccc3cc2Pc2ccccc2)cc1. The van der Waals surface area contributed by atoms with Crippen LogP contribution in [0.3, 0.4) is 0 Å². The fourth-order valence-corrected chi connectivity index (χ4v) is 7.05. The molecule has 5 aromatic carbocycles. The smallest absolute Gasteiger partial charge is 0.00872 e. The minimum Gasteiger partial charge on any atom is -0.657 e. The van der Waals surface area contributed by atoms with E-state index in [4.69, 9.17) is 0 Å². The molecule has 0 aromatic heterocycles. The minimum atomic E-state index is -0.223. The van der Waals surface area contributed by atoms with E-state index in [2.05, 4.69) is 108 Å². The van der Waals surface area contributed by atoms with Crippen molar-refractivity contribution >= 4 is 49.2 Å². The van der Waals surface area contributed by atoms with Gasteiger partial charge in [-0.25, -0.2) is 0 Å². The van der Waals surface area contributed by atoms with Gasteiger partial charge in [-0.05, 0) is 44.1 Å². The molecule has 1 heterocycles. The molecule has 38 heavy (non-hydrogen) atoms. The maximum absolute atomic E-state index is 12.6. The van der Waals surface area contributed by atoms with Gasteiger partial charge in [0.2, 0.25) is 0 Å². The summed E-state index contributed by atoms with van der Waals surface area (Å²) in [5, 5.41) is 12.8. The molecule has 1 radical (unpaired) electrons. The van der Waals surface area contributed by atoms with E-state index in [1.807, 2.05) is 0 Å². The molecular formula is C33H30FIrNP2-2. The normalized spacial score (nSPS) is 15.3. The first kappa shape index (κ1) is 28.8. The van der Waals surface area contributed by atoms with Gasteiger partial charge in [-0.3, -0.25) is 4.39 Å². The zero-order valence-corrected chi connectivity index (χ0v) is 25.4. The molecule has 1 saturated heterocycles. The molecule has 5 heteroatoms. The number of piperidine rings is 1. The van der Waals surface area contributed by atoms with Gasteiger partial charge >= 0.3 is 0 Å². The standard InChI is InChI=1S/C22H18P2.C11H12FN.Ir/c1-3-11-19(12-4-1)23-21-15-17-9-7-8-10-18(17)16-22(21)24-20-13-5-2-6-14-20;12-10-6-4-9(5-7-10)11-3-1-2-8-13-11;/h1-16,23-24H;4,6-7,11H,1-3,8H2;/q;-2;. The van der Waals surface area contributed by atoms with E-state index in [1.54, 1.807) is 6.07 Å². The second-order valence-corrected chi connectivity index (χ2v) is 11.8. The Morgan fingerprint density at radius 1 is 0.684 bits per heavy atom. The number of nitrogens with zero attached hydrogens (tertiary/aromatic N) is 1. The summed E-state index contributed by atoms with van der Waals surface area (Å²) in [5.74, 6) is -0.223. The molecule has 6 rings (SSSR count). The van der Waals surface area contributed by atoms with Crippen molar-refractivity contribution in [1.82, 2.24) is 0 Å². The van der Waals surface area contributed by atoms with Crippen molar-refractivity contribution < 1.29 is 24.5 Å². The average molecular weight is 714 g/mol. The van der Waals surface area contributed by atoms with Crippen molar-refractivity contribution in [2.45, 2.75) is 25.3 Å². The van der Waals surface area contributed by atoms with Crippen LogP contribution in [0.2, 0.25) is 0 Å². The Kier molecular flexibility index (Phi) is 11.2. The molecule has 0 spiro atoms. The average Bonchev–Trinajstić information content (AvgIpc) is 2.96. The van der Waals surface area contributed by atoms with Gasteiger partial charge in [-0.1, -0.05) is 121 Å². The maximum atomic E-state index is 12.6. The van der Waals surface area contributed by atoms with E-state index < -0.39 is 0 Å². The molecule has 195 valence electrons. The molecular weight excluding hydrogens is 684 g/mol. The van der Waals surface area contributed by atoms with Gasteiger partial charge in [-0.15, -0.1) is 24.7 Å². The molecule has 0 bridgehead atoms. The van der Waals surface area contributed by atoms with Crippen LogP contribution in [0.1, 0.15) is 30.9 Å². The molecule has 1 aliphatic rings. The fourth-order valence-electron chi connectivity index (χ4n) is 4.47. The summed E-state index contributed by atoms with van der Waals surface area (Å²) in [4.78, 5) is 0. The number of halogens is 1. The van der Waals surface area contributed by atoms with Crippen molar-refractivity contribution in [1.29, 1.82) is 0 Å². The quantitative estimate of drug-likeness (QED) is 0.134. The molecule has 3 atom stereocenters. The summed E-state index contributed by atoms with van der Waals surface area (Å²) >= 11 is 0. The Morgan fingerprint density at radius 2 is 1.24 bits per heavy atom. The molecule has 0 N–H and O–H groups in total. The van der Waals surface area contributed by atoms with Crippen LogP contribution in [-0.2, 0) is 20.1 Å². The fraction of sp³-hybridized carbons (Fsp3) is 0.152. The van der Waals surface area contributed by atoms with Gasteiger partial charge in [0.25, 0.3) is 0 Å². The third-order valence-corrected chi connectivity index (χ3v) is 9.24. The van der Waals surface area contributed by atoms with Crippen LogP contribution in [-0.4, -0.2) is 6.54 Å². The van der Waals surface area contributed by atoms with E-state index in [9.17, 15) is 4.39 Å². The van der Waals surface area contributed by atoms with Crippen molar-refractivity contribution in [2.24, 2.45) is 0 Å². The summed E-state index contributed by atoms with van der Waals surface area (Å²) in [5.41, 5.74) is 1.03. The van der Waals surface area contributed by atoms with Gasteiger partial charge in [0.05, 0.1) is 0 Å². The minimum absolute atomic E-state index is 0. The summed E-state index contributed by atoms with van der Waals surface area (Å²) < 4.78 is 12.6. The van der Waals surface area contributed by atoms with Crippen molar-refractivity contribution in [3.8, 4) is 0 Å². The molecule has 1 nitrogen and oxygen atoms in total. The van der Waals surface area contributed by atoms with Crippen LogP contribution in [0.15, 0.2) is 115 Å². The van der Waals surface area contributed by atoms with Gasteiger partial charge in [0.1, 0.15) is 0 Å². The zero-order chi connectivity index (χ0) is 25.3. The maximum Gasteiger partial charge on any atom is 0.00872 e. The van der Waals surface area contributed by atoms with Gasteiger partial charge in [0.15, 0.2) is 0 Å². The van der Waals surface area contributed by atoms with Crippen molar-refractivity contribution in [2.75, 3.05) is 6.54 Å². The molecule has 0 aliphatic carbocycles. The first-order chi connectivity index (χ1) is 18.2. The second kappa shape index (κ2) is 14.8. The van der Waals surface area contributed by atoms with Gasteiger partial charge in [-0.2, -0.15) is 17.7 Å². The first-order valence-electron chi connectivity index (χ1n) is 12.8. The molecule has 3 unspecified atom stereocenters. The summed E-state index contributed by atoms with van der Waals surface area (Å²) in [6.45, 7) is 0.940. The van der Waals surface area contributed by atoms with Gasteiger partial charge < -0.3 is 5.32 Å². The molecule has 0 amide bonds. The topological polar surface area (TPSA) is 14.1 Å². The largest absolute Gasteiger partial charge is 0.657 e. The summed E-state index contributed by atoms with van der Waals surface area (Å²) in [7, 11) is 1.40. The van der Waals surface area contributed by atoms with E-state index in [0.717, 1.165) is 18.5 Å². The Balaban J connectivity index is 0.000000204. The molecule has 1 aliphatic heterocycles. The predicted molar refractivity (Wildman–Crippen MR) is 162 cm³/mol. The van der Waals surface area contributed by atoms with Crippen molar-refractivity contribution in [3.05, 3.63) is 138 Å². The van der Waals surface area contributed by atoms with Crippen LogP contribution in [0.5, 0.6) is 0 Å². The molecule has 0 saturated carbocycles. The Bertz CT molecular complexity index is 1330. The van der Waals surface area contributed by atoms with Crippen molar-refractivity contribution in [3.63, 3.8) is 0 Å². The second-order valence-electron chi connectivity index (χ2n) is 9.11. The third kappa shape index (κ3) is 8.13. The molecule has 5 aromatic rings. The van der Waals surface area contributed by atoms with Crippen LogP contribution in [0, 0.1) is 11.9 Å². The number of hydrogen-bond donors (Lipinski definition) is 0. The number of benzene rings is 5. The van der Waals surface area contributed by atoms with E-state index in [1.165, 1.54) is 57.0 Å². The summed E-state index contributed by atoms with van der Waals surface area (Å²) in [6.07, 6.45) is 3.50. The van der Waals surface area contributed by atoms with Gasteiger partial charge in [0, 0.05) is 25.9 Å². The van der Waals surface area contributed by atoms with Crippen LogP contribution < -0.4 is 21.2 Å². The van der Waals surface area contributed by atoms with E-state index in [0.29, 0.717) is 17.2 Å². The van der Waals surface area contributed by atoms with Crippen LogP contribution in [0.4, 0.5) is 4.39 Å². The van der Waals surface area contributed by atoms with E-state index in [-0.39, 0.29) is 32.0 Å². The number of fused-ring (bicyclic) bond motifs is 1. The van der Waals surface area contributed by atoms with Crippen LogP contribution in [0.25, 0.3) is 16.1 Å². The molecule has 1 fully saturated rings. The summed E-state index contributed by atoms with van der Waals surface area (Å²) in [6, 6.07) is 42.9. The van der Waals surface area contributed by atoms with E-state index >= 15 is 0 Å².